The van der Waals surface area contributed by atoms with Gasteiger partial charge in [-0.1, -0.05) is 24.8 Å². The molecule has 2 N–H and O–H groups in total. The van der Waals surface area contributed by atoms with Crippen molar-refractivity contribution in [2.45, 2.75) is 19.6 Å². The van der Waals surface area contributed by atoms with Crippen LogP contribution in [0.4, 0.5) is 19.0 Å². The predicted octanol–water partition coefficient (Wildman–Crippen LogP) is 4.16. The zero-order valence-electron chi connectivity index (χ0n) is 21.2. The molecule has 3 aromatic heterocycles. The van der Waals surface area contributed by atoms with E-state index in [9.17, 15) is 18.0 Å². The highest BCUT2D eigenvalue weighted by Crippen LogP contribution is 2.33. The zero-order chi connectivity index (χ0) is 27.4. The maximum Gasteiger partial charge on any atom is 0.416 e. The largest absolute Gasteiger partial charge is 0.416 e. The van der Waals surface area contributed by atoms with Gasteiger partial charge >= 0.3 is 6.18 Å². The maximum atomic E-state index is 13.9. The molecule has 1 fully saturated rings. The number of H-pyrrole nitrogens is 1. The lowest BCUT2D eigenvalue weighted by molar-refractivity contribution is -0.138. The van der Waals surface area contributed by atoms with Crippen LogP contribution in [0.15, 0.2) is 55.1 Å². The van der Waals surface area contributed by atoms with Crippen molar-refractivity contribution in [3.8, 4) is 11.8 Å². The fraction of sp³-hybridized carbons (Fsp3) is 0.286. The summed E-state index contributed by atoms with van der Waals surface area (Å²) in [5.74, 6) is 5.47. The molecule has 39 heavy (non-hydrogen) atoms. The van der Waals surface area contributed by atoms with E-state index in [1.54, 1.807) is 24.7 Å². The van der Waals surface area contributed by atoms with E-state index < -0.39 is 17.6 Å². The summed E-state index contributed by atoms with van der Waals surface area (Å²) in [5.41, 5.74) is 1.84. The number of carbonyl (C=O) groups is 1. The van der Waals surface area contributed by atoms with Crippen molar-refractivity contribution in [2.24, 2.45) is 0 Å². The van der Waals surface area contributed by atoms with Gasteiger partial charge in [0.1, 0.15) is 5.82 Å². The highest BCUT2D eigenvalue weighted by molar-refractivity contribution is 6.04. The summed E-state index contributed by atoms with van der Waals surface area (Å²) >= 11 is 0. The standard InChI is InChI=1S/C28H26F3N7O/c1-2-37-9-11-38(12-10-37)17-22-6-5-21(15-23(22)28(29,30)31)27(39)36-25-14-19(7-8-32-25)3-4-20-13-24-26(33-16-20)35-18-34-24/h5-8,13-16,18H,2,9-12,17H2,1H3,(H,32,36,39)(H,33,34,35). The molecule has 0 bridgehead atoms. The van der Waals surface area contributed by atoms with Crippen LogP contribution in [-0.4, -0.2) is 68.4 Å². The molecule has 1 amide bonds. The number of piperazine rings is 1. The second kappa shape index (κ2) is 11.2. The fourth-order valence-electron chi connectivity index (χ4n) is 4.43. The third kappa shape index (κ3) is 6.42. The van der Waals surface area contributed by atoms with Crippen LogP contribution >= 0.6 is 0 Å². The molecule has 1 aliphatic rings. The highest BCUT2D eigenvalue weighted by atomic mass is 19.4. The Balaban J connectivity index is 1.30. The van der Waals surface area contributed by atoms with Gasteiger partial charge in [0.25, 0.3) is 5.91 Å². The molecule has 1 saturated heterocycles. The van der Waals surface area contributed by atoms with Gasteiger partial charge in [-0.05, 0) is 42.4 Å². The normalized spacial score (nSPS) is 14.7. The van der Waals surface area contributed by atoms with Crippen molar-refractivity contribution in [1.82, 2.24) is 29.7 Å². The number of imidazole rings is 1. The molecule has 1 aliphatic heterocycles. The number of rotatable bonds is 5. The molecular formula is C28H26F3N7O. The van der Waals surface area contributed by atoms with Crippen molar-refractivity contribution >= 4 is 22.9 Å². The maximum absolute atomic E-state index is 13.9. The number of benzene rings is 1. The van der Waals surface area contributed by atoms with Crippen LogP contribution in [0.2, 0.25) is 0 Å². The van der Waals surface area contributed by atoms with Crippen molar-refractivity contribution in [2.75, 3.05) is 38.0 Å². The van der Waals surface area contributed by atoms with E-state index in [2.05, 4.69) is 48.9 Å². The molecular weight excluding hydrogens is 507 g/mol. The molecule has 1 aromatic carbocycles. The number of hydrogen-bond donors (Lipinski definition) is 2. The third-order valence-corrected chi connectivity index (χ3v) is 6.61. The van der Waals surface area contributed by atoms with Gasteiger partial charge in [-0.15, -0.1) is 0 Å². The lowest BCUT2D eigenvalue weighted by atomic mass is 10.0. The second-order valence-electron chi connectivity index (χ2n) is 9.21. The van der Waals surface area contributed by atoms with Gasteiger partial charge in [0.2, 0.25) is 0 Å². The van der Waals surface area contributed by atoms with E-state index in [0.717, 1.165) is 31.2 Å². The fourth-order valence-corrected chi connectivity index (χ4v) is 4.43. The van der Waals surface area contributed by atoms with E-state index in [1.807, 2.05) is 11.0 Å². The van der Waals surface area contributed by atoms with Crippen molar-refractivity contribution in [3.63, 3.8) is 0 Å². The molecule has 11 heteroatoms. The minimum absolute atomic E-state index is 0.0981. The van der Waals surface area contributed by atoms with Gasteiger partial charge in [0.05, 0.1) is 17.4 Å². The lowest BCUT2D eigenvalue weighted by Gasteiger charge is -2.34. The van der Waals surface area contributed by atoms with Crippen LogP contribution in [0.5, 0.6) is 0 Å². The molecule has 4 heterocycles. The van der Waals surface area contributed by atoms with E-state index in [1.165, 1.54) is 18.3 Å². The van der Waals surface area contributed by atoms with Crippen molar-refractivity contribution in [1.29, 1.82) is 0 Å². The van der Waals surface area contributed by atoms with Gasteiger partial charge < -0.3 is 15.2 Å². The molecule has 0 radical (unpaired) electrons. The number of amides is 1. The van der Waals surface area contributed by atoms with Crippen LogP contribution in [0.25, 0.3) is 11.2 Å². The number of alkyl halides is 3. The number of pyridine rings is 2. The molecule has 4 aromatic rings. The Morgan fingerprint density at radius 2 is 1.77 bits per heavy atom. The Hall–Kier alpha value is -4.27. The number of hydrogen-bond acceptors (Lipinski definition) is 6. The van der Waals surface area contributed by atoms with Crippen LogP contribution in [0.1, 0.15) is 39.5 Å². The Morgan fingerprint density at radius 1 is 1.00 bits per heavy atom. The van der Waals surface area contributed by atoms with E-state index in [0.29, 0.717) is 29.9 Å². The zero-order valence-corrected chi connectivity index (χ0v) is 21.2. The van der Waals surface area contributed by atoms with Gasteiger partial charge in [-0.2, -0.15) is 13.2 Å². The van der Waals surface area contributed by atoms with Gasteiger partial charge in [-0.25, -0.2) is 15.0 Å². The number of nitrogens with one attached hydrogen (secondary N) is 2. The molecule has 0 saturated carbocycles. The first-order chi connectivity index (χ1) is 18.8. The average Bonchev–Trinajstić information content (AvgIpc) is 3.40. The summed E-state index contributed by atoms with van der Waals surface area (Å²) in [4.78, 5) is 32.5. The number of carbonyl (C=O) groups excluding carboxylic acids is 1. The Bertz CT molecular complexity index is 1550. The second-order valence-corrected chi connectivity index (χ2v) is 9.21. The summed E-state index contributed by atoms with van der Waals surface area (Å²) in [6, 6.07) is 8.77. The molecule has 5 rings (SSSR count). The number of halogens is 3. The number of aromatic amines is 1. The first-order valence-corrected chi connectivity index (χ1v) is 12.5. The summed E-state index contributed by atoms with van der Waals surface area (Å²) < 4.78 is 41.8. The van der Waals surface area contributed by atoms with Gasteiger partial charge in [0.15, 0.2) is 5.65 Å². The Labute approximate surface area is 223 Å². The summed E-state index contributed by atoms with van der Waals surface area (Å²) in [6.07, 6.45) is 0.0384. The van der Waals surface area contributed by atoms with Crippen LogP contribution in [0, 0.1) is 11.8 Å². The number of anilines is 1. The summed E-state index contributed by atoms with van der Waals surface area (Å²) in [7, 11) is 0. The molecule has 0 atom stereocenters. The molecule has 200 valence electrons. The average molecular weight is 534 g/mol. The van der Waals surface area contributed by atoms with Crippen molar-refractivity contribution in [3.05, 3.63) is 82.9 Å². The number of nitrogens with zero attached hydrogens (tertiary/aromatic N) is 5. The molecule has 0 aliphatic carbocycles. The lowest BCUT2D eigenvalue weighted by Crippen LogP contribution is -2.45. The van der Waals surface area contributed by atoms with E-state index >= 15 is 0 Å². The monoisotopic (exact) mass is 533 g/mol. The first-order valence-electron chi connectivity index (χ1n) is 12.5. The summed E-state index contributed by atoms with van der Waals surface area (Å²) in [5, 5.41) is 2.58. The van der Waals surface area contributed by atoms with Gasteiger partial charge in [-0.3, -0.25) is 9.69 Å². The Kier molecular flexibility index (Phi) is 7.58. The first kappa shape index (κ1) is 26.3. The minimum Gasteiger partial charge on any atom is -0.343 e. The quantitative estimate of drug-likeness (QED) is 0.375. The molecule has 8 nitrogen and oxygen atoms in total. The smallest absolute Gasteiger partial charge is 0.343 e. The topological polar surface area (TPSA) is 90.0 Å². The van der Waals surface area contributed by atoms with Crippen LogP contribution < -0.4 is 5.32 Å². The number of likely N-dealkylation sites (N-methyl/N-ethyl adjacent to an activating group) is 1. The molecule has 0 spiro atoms. The predicted molar refractivity (Wildman–Crippen MR) is 141 cm³/mol. The summed E-state index contributed by atoms with van der Waals surface area (Å²) in [6.45, 7) is 6.23. The highest BCUT2D eigenvalue weighted by Gasteiger charge is 2.34. The van der Waals surface area contributed by atoms with Crippen molar-refractivity contribution < 1.29 is 18.0 Å². The Morgan fingerprint density at radius 3 is 2.54 bits per heavy atom. The number of fused-ring (bicyclic) bond motifs is 1. The van der Waals surface area contributed by atoms with E-state index in [4.69, 9.17) is 0 Å². The SMILES string of the molecule is CCN1CCN(Cc2ccc(C(=O)Nc3cc(C#Cc4cnc5nc[nH]c5c4)ccn3)cc2C(F)(F)F)CC1. The van der Waals surface area contributed by atoms with Crippen LogP contribution in [-0.2, 0) is 12.7 Å². The third-order valence-electron chi connectivity index (χ3n) is 6.61. The van der Waals surface area contributed by atoms with E-state index in [-0.39, 0.29) is 23.5 Å². The minimum atomic E-state index is -4.58. The van der Waals surface area contributed by atoms with Gasteiger partial charge in [0, 0.05) is 61.8 Å². The molecule has 0 unspecified atom stereocenters. The van der Waals surface area contributed by atoms with Crippen LogP contribution in [0.3, 0.4) is 0 Å². The number of aromatic nitrogens is 4.